The van der Waals surface area contributed by atoms with Gasteiger partial charge in [-0.1, -0.05) is 92.2 Å². The molecule has 0 aromatic heterocycles. The predicted molar refractivity (Wildman–Crippen MR) is 158 cm³/mol. The number of allylic oxidation sites excluding steroid dienone is 2. The molecule has 4 N–H and O–H groups in total. The summed E-state index contributed by atoms with van der Waals surface area (Å²) in [6.45, 7) is 8.52. The van der Waals surface area contributed by atoms with Gasteiger partial charge in [0.05, 0.1) is 11.5 Å². The molecule has 6 nitrogen and oxygen atoms in total. The second-order valence-electron chi connectivity index (χ2n) is 10.7. The first-order valence-corrected chi connectivity index (χ1v) is 14.3. The molecule has 3 atom stereocenters. The minimum absolute atomic E-state index is 0.0575. The highest BCUT2D eigenvalue weighted by molar-refractivity contribution is 5.96. The molecule has 0 fully saturated rings. The number of aliphatic hydroxyl groups excluding tert-OH is 1. The number of hydrogen-bond donors (Lipinski definition) is 3. The summed E-state index contributed by atoms with van der Waals surface area (Å²) in [6, 6.07) is 18.3. The fourth-order valence-electron chi connectivity index (χ4n) is 5.49. The summed E-state index contributed by atoms with van der Waals surface area (Å²) in [4.78, 5) is 28.6. The summed E-state index contributed by atoms with van der Waals surface area (Å²) in [5, 5.41) is 14.9. The highest BCUT2D eigenvalue weighted by Gasteiger charge is 2.47. The van der Waals surface area contributed by atoms with Crippen LogP contribution in [-0.4, -0.2) is 54.1 Å². The van der Waals surface area contributed by atoms with Crippen LogP contribution >= 0.6 is 0 Å². The Bertz CT molecular complexity index is 1120. The summed E-state index contributed by atoms with van der Waals surface area (Å²) >= 11 is 0. The zero-order chi connectivity index (χ0) is 28.3. The Morgan fingerprint density at radius 3 is 2.31 bits per heavy atom. The van der Waals surface area contributed by atoms with Gasteiger partial charge in [0.15, 0.2) is 0 Å². The Balaban J connectivity index is 1.82. The smallest absolute Gasteiger partial charge is 0.249 e. The number of benzene rings is 2. The van der Waals surface area contributed by atoms with Crippen LogP contribution in [0.5, 0.6) is 0 Å². The maximum atomic E-state index is 13.5. The molecule has 1 unspecified atom stereocenters. The van der Waals surface area contributed by atoms with E-state index in [2.05, 4.69) is 50.4 Å². The van der Waals surface area contributed by atoms with Gasteiger partial charge in [0.1, 0.15) is 0 Å². The van der Waals surface area contributed by atoms with Crippen molar-refractivity contribution >= 4 is 11.8 Å². The lowest BCUT2D eigenvalue weighted by Gasteiger charge is -2.41. The summed E-state index contributed by atoms with van der Waals surface area (Å²) in [5.41, 5.74) is 8.96. The van der Waals surface area contributed by atoms with Crippen LogP contribution in [-0.2, 0) is 22.4 Å². The van der Waals surface area contributed by atoms with Crippen LogP contribution in [0, 0.1) is 18.3 Å². The molecule has 1 aliphatic carbocycles. The number of amides is 2. The van der Waals surface area contributed by atoms with E-state index in [0.717, 1.165) is 24.8 Å². The number of primary amides is 1. The second-order valence-corrected chi connectivity index (χ2v) is 10.7. The average Bonchev–Trinajstić information content (AvgIpc) is 2.95. The number of nitrogens with one attached hydrogen (secondary N) is 1. The maximum absolute atomic E-state index is 13.5. The van der Waals surface area contributed by atoms with Gasteiger partial charge in [-0.15, -0.1) is 0 Å². The van der Waals surface area contributed by atoms with Gasteiger partial charge in [-0.05, 0) is 56.7 Å². The van der Waals surface area contributed by atoms with Crippen LogP contribution in [0.1, 0.15) is 49.8 Å². The Hall–Kier alpha value is -3.22. The summed E-state index contributed by atoms with van der Waals surface area (Å²) in [7, 11) is 0. The molecular weight excluding hydrogens is 486 g/mol. The number of nitrogens with two attached hydrogens (primary N) is 1. The number of carbonyl (C=O) groups is 2. The third-order valence-electron chi connectivity index (χ3n) is 7.67. The van der Waals surface area contributed by atoms with E-state index in [0.29, 0.717) is 38.2 Å². The predicted octanol–water partition coefficient (Wildman–Crippen LogP) is 4.35. The van der Waals surface area contributed by atoms with E-state index in [-0.39, 0.29) is 12.3 Å². The van der Waals surface area contributed by atoms with Crippen LogP contribution in [0.4, 0.5) is 0 Å². The highest BCUT2D eigenvalue weighted by Crippen LogP contribution is 2.43. The molecule has 2 aromatic rings. The molecule has 0 bridgehead atoms. The molecule has 0 saturated carbocycles. The lowest BCUT2D eigenvalue weighted by Crippen LogP contribution is -2.51. The largest absolute Gasteiger partial charge is 0.391 e. The minimum Gasteiger partial charge on any atom is -0.391 e. The molecule has 0 saturated heterocycles. The van der Waals surface area contributed by atoms with Crippen molar-refractivity contribution in [1.82, 2.24) is 10.2 Å². The monoisotopic (exact) mass is 531 g/mol. The summed E-state index contributed by atoms with van der Waals surface area (Å²) in [5.74, 6) is -1.09. The number of aryl methyl sites for hydroxylation is 1. The topological polar surface area (TPSA) is 95.7 Å². The fraction of sp³-hybridized carbons (Fsp3) is 0.455. The van der Waals surface area contributed by atoms with Crippen molar-refractivity contribution in [2.45, 2.75) is 59.0 Å². The van der Waals surface area contributed by atoms with E-state index in [1.165, 1.54) is 11.1 Å². The van der Waals surface area contributed by atoms with E-state index < -0.39 is 23.3 Å². The Morgan fingerprint density at radius 2 is 1.69 bits per heavy atom. The maximum Gasteiger partial charge on any atom is 0.249 e. The van der Waals surface area contributed by atoms with Crippen molar-refractivity contribution in [2.24, 2.45) is 17.1 Å². The lowest BCUT2D eigenvalue weighted by molar-refractivity contribution is -0.132. The van der Waals surface area contributed by atoms with Crippen LogP contribution in [0.15, 0.2) is 78.4 Å². The lowest BCUT2D eigenvalue weighted by atomic mass is 9.64. The van der Waals surface area contributed by atoms with Crippen molar-refractivity contribution in [3.8, 4) is 0 Å². The zero-order valence-corrected chi connectivity index (χ0v) is 23.7. The van der Waals surface area contributed by atoms with Gasteiger partial charge in [-0.25, -0.2) is 0 Å². The molecule has 2 amide bonds. The molecule has 39 heavy (non-hydrogen) atoms. The number of aliphatic hydroxyl groups is 1. The minimum atomic E-state index is -1.18. The standard InChI is InChI=1S/C33H45N3O3/c1-4-20-36(21-5-2)31(38)28-12-9-18-33(23-28,32(34)39)29(22-27-10-7-6-8-11-27)30(37)24-35-19-17-26-15-13-25(3)14-16-26/h6-16,18,29-30,35,37H,4-5,17,19-24H2,1-3H3,(H2,34,39)/t29-,30+,33?/m1/s1. The first kappa shape index (κ1) is 30.3. The Labute approximate surface area is 234 Å². The van der Waals surface area contributed by atoms with Gasteiger partial charge in [0.2, 0.25) is 11.8 Å². The van der Waals surface area contributed by atoms with Crippen molar-refractivity contribution in [1.29, 1.82) is 0 Å². The van der Waals surface area contributed by atoms with Crippen LogP contribution in [0.3, 0.4) is 0 Å². The van der Waals surface area contributed by atoms with E-state index in [1.54, 1.807) is 18.2 Å². The van der Waals surface area contributed by atoms with E-state index in [1.807, 2.05) is 35.2 Å². The number of nitrogens with zero attached hydrogens (tertiary/aromatic N) is 1. The third kappa shape index (κ3) is 8.13. The molecule has 1 aliphatic rings. The first-order chi connectivity index (χ1) is 18.8. The molecular formula is C33H45N3O3. The van der Waals surface area contributed by atoms with Gasteiger partial charge in [0, 0.05) is 31.1 Å². The van der Waals surface area contributed by atoms with E-state index in [9.17, 15) is 14.7 Å². The SMILES string of the molecule is CCCN(CCC)C(=O)C1=CC=CC(C(N)=O)([C@H](Cc2ccccc2)[C@@H](O)CNCCc2ccc(C)cc2)C1. The van der Waals surface area contributed by atoms with Gasteiger partial charge in [0.25, 0.3) is 0 Å². The Kier molecular flexibility index (Phi) is 11.5. The van der Waals surface area contributed by atoms with Crippen molar-refractivity contribution in [3.05, 3.63) is 95.1 Å². The van der Waals surface area contributed by atoms with E-state index >= 15 is 0 Å². The molecule has 0 aliphatic heterocycles. The summed E-state index contributed by atoms with van der Waals surface area (Å²) in [6.07, 6.45) is 7.73. The molecule has 6 heteroatoms. The molecule has 0 heterocycles. The van der Waals surface area contributed by atoms with Gasteiger partial charge in [-0.3, -0.25) is 9.59 Å². The second kappa shape index (κ2) is 14.8. The van der Waals surface area contributed by atoms with Crippen molar-refractivity contribution in [3.63, 3.8) is 0 Å². The molecule has 2 aromatic carbocycles. The number of hydrogen-bond acceptors (Lipinski definition) is 4. The Morgan fingerprint density at radius 1 is 1.03 bits per heavy atom. The van der Waals surface area contributed by atoms with Gasteiger partial charge in [-0.2, -0.15) is 0 Å². The van der Waals surface area contributed by atoms with Crippen molar-refractivity contribution < 1.29 is 14.7 Å². The third-order valence-corrected chi connectivity index (χ3v) is 7.67. The van der Waals surface area contributed by atoms with Crippen LogP contribution < -0.4 is 11.1 Å². The van der Waals surface area contributed by atoms with Gasteiger partial charge < -0.3 is 21.1 Å². The fourth-order valence-corrected chi connectivity index (χ4v) is 5.49. The highest BCUT2D eigenvalue weighted by atomic mass is 16.3. The average molecular weight is 532 g/mol. The first-order valence-electron chi connectivity index (χ1n) is 14.3. The summed E-state index contributed by atoms with van der Waals surface area (Å²) < 4.78 is 0. The molecule has 3 rings (SSSR count). The van der Waals surface area contributed by atoms with Gasteiger partial charge >= 0.3 is 0 Å². The van der Waals surface area contributed by atoms with E-state index in [4.69, 9.17) is 5.73 Å². The molecule has 210 valence electrons. The molecule has 0 radical (unpaired) electrons. The molecule has 0 spiro atoms. The van der Waals surface area contributed by atoms with Crippen molar-refractivity contribution in [2.75, 3.05) is 26.2 Å². The normalized spacial score (nSPS) is 18.3. The quantitative estimate of drug-likeness (QED) is 0.298. The number of carbonyl (C=O) groups excluding carboxylic acids is 2. The van der Waals surface area contributed by atoms with Crippen LogP contribution in [0.2, 0.25) is 0 Å². The zero-order valence-electron chi connectivity index (χ0n) is 23.7. The number of rotatable bonds is 15. The van der Waals surface area contributed by atoms with Crippen LogP contribution in [0.25, 0.3) is 0 Å².